The molecular weight excluding hydrogens is 270 g/mol. The molecule has 21 heavy (non-hydrogen) atoms. The topological polar surface area (TPSA) is 51.9 Å². The SMILES string of the molecule is O=C(c1ccco1)N1CC2(C[C@H](OCC3CC3)CCO2)C1. The molecule has 0 aromatic carbocycles. The monoisotopic (exact) mass is 291 g/mol. The van der Waals surface area contributed by atoms with Crippen LogP contribution in [0.15, 0.2) is 22.8 Å². The molecule has 2 saturated heterocycles. The standard InChI is InChI=1S/C16H21NO4/c18-15(14-2-1-6-19-14)17-10-16(11-17)8-13(5-7-21-16)20-9-12-3-4-12/h1-2,6,12-13H,3-5,7-11H2/t13-/m1/s1. The van der Waals surface area contributed by atoms with Gasteiger partial charge in [-0.25, -0.2) is 0 Å². The molecule has 4 rings (SSSR count). The van der Waals surface area contributed by atoms with Gasteiger partial charge in [0.2, 0.25) is 0 Å². The van der Waals surface area contributed by atoms with E-state index in [1.165, 1.54) is 19.1 Å². The molecule has 3 aliphatic rings. The summed E-state index contributed by atoms with van der Waals surface area (Å²) in [5.41, 5.74) is -0.186. The summed E-state index contributed by atoms with van der Waals surface area (Å²) < 4.78 is 17.1. The van der Waals surface area contributed by atoms with E-state index in [0.29, 0.717) is 25.0 Å². The number of carbonyl (C=O) groups is 1. The molecular formula is C16H21NO4. The minimum absolute atomic E-state index is 0.0461. The molecule has 0 N–H and O–H groups in total. The Balaban J connectivity index is 1.31. The van der Waals surface area contributed by atoms with E-state index in [9.17, 15) is 4.79 Å². The van der Waals surface area contributed by atoms with Crippen LogP contribution in [0.5, 0.6) is 0 Å². The highest BCUT2D eigenvalue weighted by molar-refractivity contribution is 5.92. The lowest BCUT2D eigenvalue weighted by molar-refractivity contribution is -0.186. The second-order valence-electron chi connectivity index (χ2n) is 6.56. The summed E-state index contributed by atoms with van der Waals surface area (Å²) in [5.74, 6) is 1.15. The molecule has 0 unspecified atom stereocenters. The van der Waals surface area contributed by atoms with Crippen LogP contribution in [0, 0.1) is 5.92 Å². The molecule has 0 radical (unpaired) electrons. The van der Waals surface area contributed by atoms with Crippen molar-refractivity contribution in [3.8, 4) is 0 Å². The third-order valence-corrected chi connectivity index (χ3v) is 4.69. The Labute approximate surface area is 124 Å². The molecule has 114 valence electrons. The van der Waals surface area contributed by atoms with Crippen molar-refractivity contribution in [3.05, 3.63) is 24.2 Å². The molecule has 3 fully saturated rings. The first kappa shape index (κ1) is 13.3. The number of rotatable bonds is 4. The summed E-state index contributed by atoms with van der Waals surface area (Å²) in [7, 11) is 0. The van der Waals surface area contributed by atoms with Crippen LogP contribution in [-0.4, -0.2) is 48.8 Å². The van der Waals surface area contributed by atoms with E-state index in [0.717, 1.165) is 32.0 Å². The van der Waals surface area contributed by atoms with Crippen molar-refractivity contribution in [2.24, 2.45) is 5.92 Å². The fourth-order valence-electron chi connectivity index (χ4n) is 3.25. The van der Waals surface area contributed by atoms with Gasteiger partial charge in [0.05, 0.1) is 25.5 Å². The minimum atomic E-state index is -0.186. The Morgan fingerprint density at radius 3 is 2.95 bits per heavy atom. The van der Waals surface area contributed by atoms with Crippen molar-refractivity contribution in [3.63, 3.8) is 0 Å². The van der Waals surface area contributed by atoms with Gasteiger partial charge in [0, 0.05) is 19.6 Å². The number of amides is 1. The number of hydrogen-bond donors (Lipinski definition) is 0. The van der Waals surface area contributed by atoms with Gasteiger partial charge in [0.15, 0.2) is 5.76 Å². The zero-order valence-electron chi connectivity index (χ0n) is 12.1. The number of nitrogens with zero attached hydrogens (tertiary/aromatic N) is 1. The average Bonchev–Trinajstić information content (AvgIpc) is 3.14. The Bertz CT molecular complexity index is 502. The molecule has 1 amide bonds. The predicted octanol–water partition coefficient (Wildman–Crippen LogP) is 2.08. The van der Waals surface area contributed by atoms with Gasteiger partial charge in [0.1, 0.15) is 5.60 Å². The minimum Gasteiger partial charge on any atom is -0.459 e. The summed E-state index contributed by atoms with van der Waals surface area (Å²) in [6.07, 6.45) is 6.34. The third kappa shape index (κ3) is 2.72. The van der Waals surface area contributed by atoms with Crippen LogP contribution in [0.1, 0.15) is 36.2 Å². The lowest BCUT2D eigenvalue weighted by atomic mass is 9.84. The summed E-state index contributed by atoms with van der Waals surface area (Å²) in [5, 5.41) is 0. The summed E-state index contributed by atoms with van der Waals surface area (Å²) in [6, 6.07) is 3.44. The van der Waals surface area contributed by atoms with E-state index in [2.05, 4.69) is 0 Å². The highest BCUT2D eigenvalue weighted by Crippen LogP contribution is 2.37. The van der Waals surface area contributed by atoms with Crippen LogP contribution >= 0.6 is 0 Å². The van der Waals surface area contributed by atoms with E-state index in [4.69, 9.17) is 13.9 Å². The quantitative estimate of drug-likeness (QED) is 0.852. The van der Waals surface area contributed by atoms with Crippen molar-refractivity contribution in [1.82, 2.24) is 4.90 Å². The Kier molecular flexibility index (Phi) is 3.27. The molecule has 5 nitrogen and oxygen atoms in total. The second kappa shape index (κ2) is 5.14. The molecule has 1 atom stereocenters. The van der Waals surface area contributed by atoms with Crippen LogP contribution < -0.4 is 0 Å². The maximum atomic E-state index is 12.2. The Hall–Kier alpha value is -1.33. The van der Waals surface area contributed by atoms with Crippen LogP contribution in [-0.2, 0) is 9.47 Å². The average molecular weight is 291 g/mol. The van der Waals surface area contributed by atoms with Gasteiger partial charge in [-0.15, -0.1) is 0 Å². The Morgan fingerprint density at radius 1 is 1.38 bits per heavy atom. The van der Waals surface area contributed by atoms with E-state index in [-0.39, 0.29) is 11.5 Å². The van der Waals surface area contributed by atoms with Gasteiger partial charge < -0.3 is 18.8 Å². The normalized spacial score (nSPS) is 27.6. The van der Waals surface area contributed by atoms with E-state index < -0.39 is 0 Å². The van der Waals surface area contributed by atoms with Gasteiger partial charge in [-0.1, -0.05) is 0 Å². The number of likely N-dealkylation sites (tertiary alicyclic amines) is 1. The predicted molar refractivity (Wildman–Crippen MR) is 75.0 cm³/mol. The molecule has 2 aliphatic heterocycles. The molecule has 1 aliphatic carbocycles. The first-order valence-electron chi connectivity index (χ1n) is 7.82. The van der Waals surface area contributed by atoms with Gasteiger partial charge in [0.25, 0.3) is 5.91 Å². The number of carbonyl (C=O) groups excluding carboxylic acids is 1. The zero-order valence-corrected chi connectivity index (χ0v) is 12.1. The van der Waals surface area contributed by atoms with E-state index in [1.807, 2.05) is 0 Å². The number of hydrogen-bond acceptors (Lipinski definition) is 4. The maximum absolute atomic E-state index is 12.2. The molecule has 1 spiro atoms. The first-order chi connectivity index (χ1) is 10.2. The smallest absolute Gasteiger partial charge is 0.289 e. The van der Waals surface area contributed by atoms with Gasteiger partial charge in [-0.3, -0.25) is 4.79 Å². The summed E-state index contributed by atoms with van der Waals surface area (Å²) in [6.45, 7) is 2.93. The van der Waals surface area contributed by atoms with E-state index >= 15 is 0 Å². The lowest BCUT2D eigenvalue weighted by Crippen LogP contribution is -2.67. The second-order valence-corrected chi connectivity index (χ2v) is 6.56. The molecule has 3 heterocycles. The number of furan rings is 1. The van der Waals surface area contributed by atoms with Crippen LogP contribution in [0.3, 0.4) is 0 Å². The molecule has 1 aromatic heterocycles. The fraction of sp³-hybridized carbons (Fsp3) is 0.688. The first-order valence-corrected chi connectivity index (χ1v) is 7.82. The van der Waals surface area contributed by atoms with Gasteiger partial charge >= 0.3 is 0 Å². The van der Waals surface area contributed by atoms with Crippen molar-refractivity contribution >= 4 is 5.91 Å². The highest BCUT2D eigenvalue weighted by atomic mass is 16.5. The van der Waals surface area contributed by atoms with Crippen molar-refractivity contribution in [2.75, 3.05) is 26.3 Å². The molecule has 0 bridgehead atoms. The third-order valence-electron chi connectivity index (χ3n) is 4.69. The van der Waals surface area contributed by atoms with Crippen LogP contribution in [0.4, 0.5) is 0 Å². The molecule has 5 heteroatoms. The van der Waals surface area contributed by atoms with Crippen molar-refractivity contribution < 1.29 is 18.7 Å². The highest BCUT2D eigenvalue weighted by Gasteiger charge is 2.50. The number of ether oxygens (including phenoxy) is 2. The Morgan fingerprint density at radius 2 is 2.24 bits per heavy atom. The zero-order chi connectivity index (χ0) is 14.3. The van der Waals surface area contributed by atoms with Gasteiger partial charge in [-0.05, 0) is 37.3 Å². The summed E-state index contributed by atoms with van der Waals surface area (Å²) >= 11 is 0. The molecule has 1 aromatic rings. The van der Waals surface area contributed by atoms with Crippen molar-refractivity contribution in [1.29, 1.82) is 0 Å². The van der Waals surface area contributed by atoms with Gasteiger partial charge in [-0.2, -0.15) is 0 Å². The fourth-order valence-corrected chi connectivity index (χ4v) is 3.25. The van der Waals surface area contributed by atoms with Crippen LogP contribution in [0.25, 0.3) is 0 Å². The van der Waals surface area contributed by atoms with Crippen LogP contribution in [0.2, 0.25) is 0 Å². The van der Waals surface area contributed by atoms with E-state index in [1.54, 1.807) is 17.0 Å². The summed E-state index contributed by atoms with van der Waals surface area (Å²) in [4.78, 5) is 14.0. The molecule has 1 saturated carbocycles. The lowest BCUT2D eigenvalue weighted by Gasteiger charge is -2.52. The largest absolute Gasteiger partial charge is 0.459 e. The van der Waals surface area contributed by atoms with Crippen molar-refractivity contribution in [2.45, 2.75) is 37.4 Å². The maximum Gasteiger partial charge on any atom is 0.289 e.